The highest BCUT2D eigenvalue weighted by Crippen LogP contribution is 2.27. The van der Waals surface area contributed by atoms with Crippen LogP contribution in [0, 0.1) is 5.92 Å². The Kier molecular flexibility index (Phi) is 6.17. The molecule has 0 unspecified atom stereocenters. The van der Waals surface area contributed by atoms with E-state index in [2.05, 4.69) is 22.5 Å². The van der Waals surface area contributed by atoms with E-state index in [0.717, 1.165) is 23.7 Å². The average molecular weight is 489 g/mol. The fourth-order valence-electron chi connectivity index (χ4n) is 4.76. The molecule has 2 aromatic carbocycles. The standard InChI is InChI=1S/C27H25ClN4O3/c1-16-12-23(24(13-16)31-27(35)18-7-10-20-21(28)15-29-22(20)14-18)30-26(34)17-5-8-19(9-6-17)32-11-3-2-4-25(32)33/h2-11,14-16,23-24,29H,12-13H2,1H3,(H,30,34)(H,31,35)/t16-,23-,24+/m0/s1. The van der Waals surface area contributed by atoms with Crippen LogP contribution in [0.4, 0.5) is 0 Å². The molecule has 5 rings (SSSR count). The molecule has 178 valence electrons. The maximum atomic E-state index is 13.0. The number of carbonyl (C=O) groups excluding carboxylic acids is 2. The van der Waals surface area contributed by atoms with Gasteiger partial charge in [0.2, 0.25) is 0 Å². The fourth-order valence-corrected chi connectivity index (χ4v) is 4.98. The number of rotatable bonds is 5. The highest BCUT2D eigenvalue weighted by molar-refractivity contribution is 6.35. The molecule has 8 heteroatoms. The Balaban J connectivity index is 1.27. The Morgan fingerprint density at radius 2 is 1.60 bits per heavy atom. The number of H-pyrrole nitrogens is 1. The van der Waals surface area contributed by atoms with E-state index in [-0.39, 0.29) is 29.5 Å². The molecule has 2 aromatic heterocycles. The van der Waals surface area contributed by atoms with Crippen molar-refractivity contribution in [3.8, 4) is 5.69 Å². The molecule has 2 amide bonds. The minimum absolute atomic E-state index is 0.137. The van der Waals surface area contributed by atoms with Gasteiger partial charge in [-0.25, -0.2) is 0 Å². The Bertz CT molecular complexity index is 1460. The van der Waals surface area contributed by atoms with Gasteiger partial charge in [0.25, 0.3) is 17.4 Å². The number of fused-ring (bicyclic) bond motifs is 1. The number of aromatic amines is 1. The van der Waals surface area contributed by atoms with Crippen molar-refractivity contribution in [1.29, 1.82) is 0 Å². The summed E-state index contributed by atoms with van der Waals surface area (Å²) < 4.78 is 1.52. The minimum Gasteiger partial charge on any atom is -0.360 e. The molecule has 4 aromatic rings. The first-order valence-electron chi connectivity index (χ1n) is 11.6. The molecule has 0 radical (unpaired) electrons. The van der Waals surface area contributed by atoms with Gasteiger partial charge in [-0.1, -0.05) is 30.7 Å². The Labute approximate surface area is 207 Å². The molecular weight excluding hydrogens is 464 g/mol. The predicted octanol–water partition coefficient (Wildman–Crippen LogP) is 4.30. The second-order valence-corrected chi connectivity index (χ2v) is 9.50. The van der Waals surface area contributed by atoms with Crippen LogP contribution < -0.4 is 16.2 Å². The fraction of sp³-hybridized carbons (Fsp3) is 0.222. The third kappa shape index (κ3) is 4.72. The van der Waals surface area contributed by atoms with Crippen LogP contribution in [0.3, 0.4) is 0 Å². The Morgan fingerprint density at radius 3 is 2.29 bits per heavy atom. The van der Waals surface area contributed by atoms with Gasteiger partial charge in [-0.2, -0.15) is 0 Å². The van der Waals surface area contributed by atoms with Crippen molar-refractivity contribution in [1.82, 2.24) is 20.2 Å². The highest BCUT2D eigenvalue weighted by Gasteiger charge is 2.34. The van der Waals surface area contributed by atoms with Crippen LogP contribution in [0.5, 0.6) is 0 Å². The van der Waals surface area contributed by atoms with Crippen molar-refractivity contribution in [2.45, 2.75) is 31.8 Å². The summed E-state index contributed by atoms with van der Waals surface area (Å²) in [6.45, 7) is 2.12. The molecule has 2 heterocycles. The predicted molar refractivity (Wildman–Crippen MR) is 136 cm³/mol. The van der Waals surface area contributed by atoms with E-state index in [9.17, 15) is 14.4 Å². The monoisotopic (exact) mass is 488 g/mol. The number of hydrogen-bond acceptors (Lipinski definition) is 3. The Morgan fingerprint density at radius 1 is 0.943 bits per heavy atom. The van der Waals surface area contributed by atoms with Gasteiger partial charge in [0, 0.05) is 58.3 Å². The number of pyridine rings is 1. The summed E-state index contributed by atoms with van der Waals surface area (Å²) >= 11 is 6.14. The molecular formula is C27H25ClN4O3. The van der Waals surface area contributed by atoms with Crippen LogP contribution in [0.15, 0.2) is 77.9 Å². The molecule has 0 saturated heterocycles. The maximum absolute atomic E-state index is 13.0. The lowest BCUT2D eigenvalue weighted by Crippen LogP contribution is -2.48. The van der Waals surface area contributed by atoms with Crippen LogP contribution in [-0.2, 0) is 0 Å². The molecule has 1 aliphatic carbocycles. The number of amides is 2. The van der Waals surface area contributed by atoms with Gasteiger partial charge in [-0.05, 0) is 61.2 Å². The van der Waals surface area contributed by atoms with Gasteiger partial charge in [-0.15, -0.1) is 0 Å². The largest absolute Gasteiger partial charge is 0.360 e. The summed E-state index contributed by atoms with van der Waals surface area (Å²) in [5.74, 6) is -0.0333. The summed E-state index contributed by atoms with van der Waals surface area (Å²) in [6, 6.07) is 16.9. The van der Waals surface area contributed by atoms with Gasteiger partial charge >= 0.3 is 0 Å². The summed E-state index contributed by atoms with van der Waals surface area (Å²) in [6.07, 6.45) is 4.94. The van der Waals surface area contributed by atoms with Crippen molar-refractivity contribution < 1.29 is 9.59 Å². The molecule has 1 aliphatic rings. The SMILES string of the molecule is C[C@H]1C[C@H](NC(=O)c2ccc(-n3ccccc3=O)cc2)[C@H](NC(=O)c2ccc3c(Cl)c[nH]c3c2)C1. The van der Waals surface area contributed by atoms with Crippen molar-refractivity contribution in [2.75, 3.05) is 0 Å². The van der Waals surface area contributed by atoms with Gasteiger partial charge in [0.05, 0.1) is 5.02 Å². The first-order valence-corrected chi connectivity index (χ1v) is 11.9. The van der Waals surface area contributed by atoms with Gasteiger partial charge in [-0.3, -0.25) is 19.0 Å². The van der Waals surface area contributed by atoms with Crippen LogP contribution in [0.2, 0.25) is 5.02 Å². The maximum Gasteiger partial charge on any atom is 0.255 e. The van der Waals surface area contributed by atoms with E-state index in [1.165, 1.54) is 10.6 Å². The molecule has 3 atom stereocenters. The van der Waals surface area contributed by atoms with E-state index in [4.69, 9.17) is 11.6 Å². The second-order valence-electron chi connectivity index (χ2n) is 9.09. The molecule has 7 nitrogen and oxygen atoms in total. The normalized spacial score (nSPS) is 19.5. The molecule has 35 heavy (non-hydrogen) atoms. The zero-order valence-electron chi connectivity index (χ0n) is 19.1. The highest BCUT2D eigenvalue weighted by atomic mass is 35.5. The zero-order chi connectivity index (χ0) is 24.5. The number of aromatic nitrogens is 2. The Hall–Kier alpha value is -3.84. The molecule has 1 fully saturated rings. The lowest BCUT2D eigenvalue weighted by Gasteiger charge is -2.22. The number of halogens is 1. The van der Waals surface area contributed by atoms with Crippen molar-refractivity contribution in [3.63, 3.8) is 0 Å². The first-order chi connectivity index (χ1) is 16.9. The van der Waals surface area contributed by atoms with Crippen molar-refractivity contribution >= 4 is 34.3 Å². The smallest absolute Gasteiger partial charge is 0.255 e. The molecule has 0 bridgehead atoms. The van der Waals surface area contributed by atoms with E-state index in [0.29, 0.717) is 27.8 Å². The van der Waals surface area contributed by atoms with E-state index in [1.54, 1.807) is 60.9 Å². The van der Waals surface area contributed by atoms with Gasteiger partial charge < -0.3 is 15.6 Å². The van der Waals surface area contributed by atoms with E-state index in [1.807, 2.05) is 6.07 Å². The third-order valence-electron chi connectivity index (χ3n) is 6.55. The van der Waals surface area contributed by atoms with E-state index < -0.39 is 0 Å². The van der Waals surface area contributed by atoms with Crippen LogP contribution in [-0.4, -0.2) is 33.4 Å². The number of nitrogens with one attached hydrogen (secondary N) is 3. The number of hydrogen-bond donors (Lipinski definition) is 3. The van der Waals surface area contributed by atoms with E-state index >= 15 is 0 Å². The molecule has 1 saturated carbocycles. The zero-order valence-corrected chi connectivity index (χ0v) is 19.9. The minimum atomic E-state index is -0.210. The number of carbonyl (C=O) groups is 2. The quantitative estimate of drug-likeness (QED) is 0.391. The average Bonchev–Trinajstić information content (AvgIpc) is 3.40. The number of nitrogens with zero attached hydrogens (tertiary/aromatic N) is 1. The number of benzene rings is 2. The van der Waals surface area contributed by atoms with Gasteiger partial charge in [0.15, 0.2) is 0 Å². The van der Waals surface area contributed by atoms with Crippen LogP contribution in [0.25, 0.3) is 16.6 Å². The summed E-state index contributed by atoms with van der Waals surface area (Å²) in [4.78, 5) is 41.0. The second kappa shape index (κ2) is 9.43. The third-order valence-corrected chi connectivity index (χ3v) is 6.87. The first kappa shape index (κ1) is 22.9. The van der Waals surface area contributed by atoms with Crippen molar-refractivity contribution in [2.24, 2.45) is 5.92 Å². The van der Waals surface area contributed by atoms with Crippen LogP contribution >= 0.6 is 11.6 Å². The summed E-state index contributed by atoms with van der Waals surface area (Å²) in [7, 11) is 0. The lowest BCUT2D eigenvalue weighted by molar-refractivity contribution is 0.0892. The summed E-state index contributed by atoms with van der Waals surface area (Å²) in [5.41, 5.74) is 2.38. The lowest BCUT2D eigenvalue weighted by atomic mass is 10.1. The van der Waals surface area contributed by atoms with Crippen LogP contribution in [0.1, 0.15) is 40.5 Å². The molecule has 0 aliphatic heterocycles. The molecule has 3 N–H and O–H groups in total. The topological polar surface area (TPSA) is 96.0 Å². The van der Waals surface area contributed by atoms with Gasteiger partial charge in [0.1, 0.15) is 0 Å². The molecule has 0 spiro atoms. The summed E-state index contributed by atoms with van der Waals surface area (Å²) in [5, 5.41) is 7.67. The van der Waals surface area contributed by atoms with Crippen molar-refractivity contribution in [3.05, 3.63) is 99.6 Å².